The van der Waals surface area contributed by atoms with Gasteiger partial charge >= 0.3 is 0 Å². The average molecular weight is 386 g/mol. The summed E-state index contributed by atoms with van der Waals surface area (Å²) in [6.45, 7) is 1.58. The molecule has 0 aliphatic heterocycles. The van der Waals surface area contributed by atoms with Crippen molar-refractivity contribution in [1.29, 1.82) is 0 Å². The highest BCUT2D eigenvalue weighted by Gasteiger charge is 2.18. The van der Waals surface area contributed by atoms with E-state index in [0.29, 0.717) is 31.8 Å². The van der Waals surface area contributed by atoms with Crippen molar-refractivity contribution in [3.63, 3.8) is 0 Å². The van der Waals surface area contributed by atoms with Crippen molar-refractivity contribution >= 4 is 57.4 Å². The van der Waals surface area contributed by atoms with Crippen molar-refractivity contribution in [2.75, 3.05) is 5.32 Å². The minimum Gasteiger partial charge on any atom is -0.382 e. The van der Waals surface area contributed by atoms with Crippen LogP contribution in [0.1, 0.15) is 6.92 Å². The van der Waals surface area contributed by atoms with Crippen molar-refractivity contribution < 1.29 is 9.63 Å². The number of carbonyl (C=O) groups excluding carboxylic acids is 1. The SMILES string of the molecule is C[C@@H](On1nnc2ccc(Cl)cc21)C(=O)Nc1cc(Cl)cc(Cl)c1. The number of aromatic nitrogens is 3. The van der Waals surface area contributed by atoms with Gasteiger partial charge in [-0.2, -0.15) is 0 Å². The third-order valence-electron chi connectivity index (χ3n) is 3.13. The molecule has 0 spiro atoms. The molecule has 0 fully saturated rings. The lowest BCUT2D eigenvalue weighted by atomic mass is 10.3. The Morgan fingerprint density at radius 2 is 1.83 bits per heavy atom. The van der Waals surface area contributed by atoms with E-state index in [1.54, 1.807) is 43.3 Å². The van der Waals surface area contributed by atoms with Crippen LogP contribution in [0.2, 0.25) is 15.1 Å². The normalized spacial score (nSPS) is 12.2. The lowest BCUT2D eigenvalue weighted by molar-refractivity contribution is -0.127. The molecule has 1 amide bonds. The van der Waals surface area contributed by atoms with Gasteiger partial charge in [0.2, 0.25) is 6.10 Å². The first-order valence-corrected chi connectivity index (χ1v) is 8.01. The predicted molar refractivity (Wildman–Crippen MR) is 93.7 cm³/mol. The Morgan fingerprint density at radius 3 is 2.54 bits per heavy atom. The van der Waals surface area contributed by atoms with Gasteiger partial charge in [0, 0.05) is 20.8 Å². The first kappa shape index (κ1) is 16.8. The Labute approximate surface area is 152 Å². The van der Waals surface area contributed by atoms with Gasteiger partial charge in [-0.3, -0.25) is 4.79 Å². The highest BCUT2D eigenvalue weighted by Crippen LogP contribution is 2.22. The lowest BCUT2D eigenvalue weighted by Crippen LogP contribution is -2.35. The number of hydrogen-bond acceptors (Lipinski definition) is 4. The standard InChI is InChI=1S/C15H11Cl3N4O2/c1-8(15(23)19-12-5-10(17)4-11(18)6-12)24-22-14-7-9(16)2-3-13(14)20-21-22/h2-8H,1H3,(H,19,23)/t8-/m1/s1. The third-order valence-corrected chi connectivity index (χ3v) is 3.81. The molecule has 24 heavy (non-hydrogen) atoms. The molecule has 6 nitrogen and oxygen atoms in total. The molecule has 1 atom stereocenters. The van der Waals surface area contributed by atoms with Crippen LogP contribution in [-0.4, -0.2) is 27.2 Å². The van der Waals surface area contributed by atoms with E-state index < -0.39 is 6.10 Å². The molecule has 3 rings (SSSR count). The van der Waals surface area contributed by atoms with Gasteiger partial charge in [0.05, 0.1) is 0 Å². The van der Waals surface area contributed by atoms with E-state index in [4.69, 9.17) is 39.6 Å². The highest BCUT2D eigenvalue weighted by molar-refractivity contribution is 6.35. The molecule has 1 N–H and O–H groups in total. The second-order valence-electron chi connectivity index (χ2n) is 4.99. The molecule has 1 heterocycles. The zero-order valence-electron chi connectivity index (χ0n) is 12.3. The largest absolute Gasteiger partial charge is 0.382 e. The lowest BCUT2D eigenvalue weighted by Gasteiger charge is -2.14. The molecule has 0 radical (unpaired) electrons. The fraction of sp³-hybridized carbons (Fsp3) is 0.133. The Morgan fingerprint density at radius 1 is 1.12 bits per heavy atom. The van der Waals surface area contributed by atoms with Crippen LogP contribution in [0.15, 0.2) is 36.4 Å². The molecule has 0 saturated carbocycles. The third kappa shape index (κ3) is 3.72. The van der Waals surface area contributed by atoms with Gasteiger partial charge in [-0.05, 0) is 48.5 Å². The first-order chi connectivity index (χ1) is 11.4. The molecule has 124 valence electrons. The fourth-order valence-electron chi connectivity index (χ4n) is 2.02. The number of fused-ring (bicyclic) bond motifs is 1. The summed E-state index contributed by atoms with van der Waals surface area (Å²) in [5.74, 6) is -0.390. The molecule has 3 aromatic rings. The van der Waals surface area contributed by atoms with Crippen LogP contribution in [0.5, 0.6) is 0 Å². The summed E-state index contributed by atoms with van der Waals surface area (Å²) in [6, 6.07) is 9.80. The summed E-state index contributed by atoms with van der Waals surface area (Å²) >= 11 is 17.8. The number of nitrogens with zero attached hydrogens (tertiary/aromatic N) is 3. The number of carbonyl (C=O) groups is 1. The van der Waals surface area contributed by atoms with Crippen LogP contribution in [0.4, 0.5) is 5.69 Å². The van der Waals surface area contributed by atoms with E-state index in [9.17, 15) is 4.79 Å². The summed E-state index contributed by atoms with van der Waals surface area (Å²) in [4.78, 5) is 18.9. The van der Waals surface area contributed by atoms with Crippen LogP contribution < -0.4 is 10.2 Å². The monoisotopic (exact) mass is 384 g/mol. The van der Waals surface area contributed by atoms with Crippen molar-refractivity contribution in [2.24, 2.45) is 0 Å². The summed E-state index contributed by atoms with van der Waals surface area (Å²) in [6.07, 6.45) is -0.841. The maximum absolute atomic E-state index is 12.3. The second-order valence-corrected chi connectivity index (χ2v) is 6.30. The Kier molecular flexibility index (Phi) is 4.80. The number of rotatable bonds is 4. The number of hydrogen-bond donors (Lipinski definition) is 1. The molecule has 0 bridgehead atoms. The number of amides is 1. The van der Waals surface area contributed by atoms with E-state index in [-0.39, 0.29) is 5.91 Å². The molecule has 0 saturated heterocycles. The van der Waals surface area contributed by atoms with Gasteiger partial charge in [0.15, 0.2) is 0 Å². The zero-order chi connectivity index (χ0) is 17.3. The molecule has 2 aromatic carbocycles. The summed E-state index contributed by atoms with van der Waals surface area (Å²) in [5, 5.41) is 11.8. The number of nitrogens with one attached hydrogen (secondary N) is 1. The van der Waals surface area contributed by atoms with E-state index in [0.717, 1.165) is 4.85 Å². The van der Waals surface area contributed by atoms with E-state index in [2.05, 4.69) is 15.6 Å². The minimum absolute atomic E-state index is 0.390. The second kappa shape index (κ2) is 6.84. The topological polar surface area (TPSA) is 69.0 Å². The molecule has 0 unspecified atom stereocenters. The van der Waals surface area contributed by atoms with Gasteiger partial charge < -0.3 is 10.2 Å². The molecule has 0 aliphatic carbocycles. The van der Waals surface area contributed by atoms with Crippen molar-refractivity contribution in [1.82, 2.24) is 15.2 Å². The van der Waals surface area contributed by atoms with Gasteiger partial charge in [0.1, 0.15) is 11.0 Å². The van der Waals surface area contributed by atoms with Crippen molar-refractivity contribution in [3.8, 4) is 0 Å². The van der Waals surface area contributed by atoms with Gasteiger partial charge in [-0.25, -0.2) is 0 Å². The van der Waals surface area contributed by atoms with E-state index in [1.807, 2.05) is 0 Å². The van der Waals surface area contributed by atoms with Gasteiger partial charge in [0.25, 0.3) is 5.91 Å². The number of anilines is 1. The molecule has 1 aromatic heterocycles. The predicted octanol–water partition coefficient (Wildman–Crippen LogP) is 3.85. The van der Waals surface area contributed by atoms with Crippen LogP contribution in [-0.2, 0) is 4.79 Å². The number of benzene rings is 2. The van der Waals surface area contributed by atoms with Crippen LogP contribution >= 0.6 is 34.8 Å². The van der Waals surface area contributed by atoms with Crippen LogP contribution in [0.25, 0.3) is 11.0 Å². The molecule has 0 aliphatic rings. The first-order valence-electron chi connectivity index (χ1n) is 6.87. The van der Waals surface area contributed by atoms with Gasteiger partial charge in [-0.15, -0.1) is 5.10 Å². The summed E-state index contributed by atoms with van der Waals surface area (Å²) < 4.78 is 0. The van der Waals surface area contributed by atoms with Crippen LogP contribution in [0.3, 0.4) is 0 Å². The maximum Gasteiger partial charge on any atom is 0.267 e. The Balaban J connectivity index is 1.74. The van der Waals surface area contributed by atoms with Crippen molar-refractivity contribution in [2.45, 2.75) is 13.0 Å². The number of halogens is 3. The van der Waals surface area contributed by atoms with Crippen LogP contribution in [0, 0.1) is 0 Å². The fourth-order valence-corrected chi connectivity index (χ4v) is 2.71. The Bertz CT molecular complexity index is 893. The molecular weight excluding hydrogens is 375 g/mol. The maximum atomic E-state index is 12.3. The zero-order valence-corrected chi connectivity index (χ0v) is 14.6. The minimum atomic E-state index is -0.841. The highest BCUT2D eigenvalue weighted by atomic mass is 35.5. The summed E-state index contributed by atoms with van der Waals surface area (Å²) in [5.41, 5.74) is 1.64. The quantitative estimate of drug-likeness (QED) is 0.740. The van der Waals surface area contributed by atoms with Gasteiger partial charge in [-0.1, -0.05) is 39.6 Å². The smallest absolute Gasteiger partial charge is 0.267 e. The average Bonchev–Trinajstić information content (AvgIpc) is 2.88. The molecule has 9 heteroatoms. The van der Waals surface area contributed by atoms with E-state index >= 15 is 0 Å². The summed E-state index contributed by atoms with van der Waals surface area (Å²) in [7, 11) is 0. The van der Waals surface area contributed by atoms with Crippen molar-refractivity contribution in [3.05, 3.63) is 51.5 Å². The van der Waals surface area contributed by atoms with E-state index in [1.165, 1.54) is 0 Å². The molecular formula is C15H11Cl3N4O2. The Hall–Kier alpha value is -2.02.